The summed E-state index contributed by atoms with van der Waals surface area (Å²) in [7, 11) is 1.48. The summed E-state index contributed by atoms with van der Waals surface area (Å²) in [5.41, 5.74) is 1.79. The van der Waals surface area contributed by atoms with Gasteiger partial charge in [-0.15, -0.1) is 0 Å². The van der Waals surface area contributed by atoms with E-state index < -0.39 is 23.1 Å². The topological polar surface area (TPSA) is 95.3 Å². The number of benzene rings is 2. The van der Waals surface area contributed by atoms with E-state index in [0.29, 0.717) is 33.9 Å². The van der Waals surface area contributed by atoms with Crippen LogP contribution in [-0.4, -0.2) is 27.6 Å². The monoisotopic (exact) mass is 528 g/mol. The van der Waals surface area contributed by atoms with Gasteiger partial charge in [0.25, 0.3) is 11.5 Å². The molecule has 0 saturated heterocycles. The Kier molecular flexibility index (Phi) is 6.76. The lowest BCUT2D eigenvalue weighted by Crippen LogP contribution is -2.31. The van der Waals surface area contributed by atoms with Crippen LogP contribution < -0.4 is 20.3 Å². The van der Waals surface area contributed by atoms with Crippen LogP contribution in [0.3, 0.4) is 0 Å². The Bertz CT molecular complexity index is 1790. The van der Waals surface area contributed by atoms with E-state index in [9.17, 15) is 14.0 Å². The molecule has 1 amide bonds. The second-order valence-corrected chi connectivity index (χ2v) is 8.69. The van der Waals surface area contributed by atoms with Crippen molar-refractivity contribution in [3.05, 3.63) is 112 Å². The first-order valence-electron chi connectivity index (χ1n) is 11.8. The Morgan fingerprint density at radius 3 is 2.44 bits per heavy atom. The normalized spacial score (nSPS) is 10.9. The molecule has 196 valence electrons. The third-order valence-electron chi connectivity index (χ3n) is 6.04. The fourth-order valence-electron chi connectivity index (χ4n) is 4.23. The van der Waals surface area contributed by atoms with Gasteiger partial charge < -0.3 is 14.8 Å². The zero-order valence-corrected chi connectivity index (χ0v) is 21.2. The number of nitrogens with one attached hydrogen (secondary N) is 1. The molecule has 2 aromatic carbocycles. The molecule has 0 bridgehead atoms. The van der Waals surface area contributed by atoms with Gasteiger partial charge in [-0.1, -0.05) is 0 Å². The molecule has 0 aliphatic rings. The predicted octanol–water partition coefficient (Wildman–Crippen LogP) is 5.73. The lowest BCUT2D eigenvalue weighted by Gasteiger charge is -2.15. The van der Waals surface area contributed by atoms with E-state index in [-0.39, 0.29) is 22.7 Å². The maximum absolute atomic E-state index is 15.0. The van der Waals surface area contributed by atoms with Crippen molar-refractivity contribution in [3.8, 4) is 23.1 Å². The summed E-state index contributed by atoms with van der Waals surface area (Å²) in [5, 5.41) is 2.58. The Hall–Kier alpha value is -5.12. The Labute approximate surface area is 221 Å². The van der Waals surface area contributed by atoms with Gasteiger partial charge in [0, 0.05) is 41.5 Å². The quantitative estimate of drug-likeness (QED) is 0.303. The highest BCUT2D eigenvalue weighted by Gasteiger charge is 2.20. The number of ether oxygens (including phenoxy) is 2. The third-order valence-corrected chi connectivity index (χ3v) is 6.04. The minimum Gasteiger partial charge on any atom is -0.481 e. The summed E-state index contributed by atoms with van der Waals surface area (Å²) in [5.74, 6) is -1.38. The number of methoxy groups -OCH3 is 1. The molecular weight excluding hydrogens is 506 g/mol. The molecule has 3 heterocycles. The van der Waals surface area contributed by atoms with E-state index in [2.05, 4.69) is 15.3 Å². The lowest BCUT2D eigenvalue weighted by atomic mass is 10.1. The van der Waals surface area contributed by atoms with Gasteiger partial charge in [0.05, 0.1) is 12.6 Å². The van der Waals surface area contributed by atoms with Gasteiger partial charge in [-0.3, -0.25) is 19.1 Å². The van der Waals surface area contributed by atoms with Gasteiger partial charge >= 0.3 is 0 Å². The molecule has 3 aromatic heterocycles. The van der Waals surface area contributed by atoms with E-state index in [1.165, 1.54) is 54.3 Å². The number of aromatic nitrogens is 3. The number of aryl methyl sites for hydroxylation is 2. The zero-order valence-electron chi connectivity index (χ0n) is 21.2. The number of halogens is 2. The molecule has 0 radical (unpaired) electrons. The molecule has 0 unspecified atom stereocenters. The zero-order chi connectivity index (χ0) is 27.7. The van der Waals surface area contributed by atoms with Gasteiger partial charge in [-0.05, 0) is 67.9 Å². The molecule has 0 aliphatic carbocycles. The van der Waals surface area contributed by atoms with Crippen molar-refractivity contribution >= 4 is 22.6 Å². The van der Waals surface area contributed by atoms with Crippen LogP contribution in [-0.2, 0) is 0 Å². The smallest absolute Gasteiger partial charge is 0.268 e. The predicted molar refractivity (Wildman–Crippen MR) is 142 cm³/mol. The summed E-state index contributed by atoms with van der Waals surface area (Å²) in [6, 6.07) is 15.9. The van der Waals surface area contributed by atoms with Crippen molar-refractivity contribution in [1.29, 1.82) is 0 Å². The van der Waals surface area contributed by atoms with Gasteiger partial charge in [0.2, 0.25) is 5.88 Å². The minimum atomic E-state index is -0.745. The largest absolute Gasteiger partial charge is 0.481 e. The second kappa shape index (κ2) is 10.3. The fraction of sp³-hybridized carbons (Fsp3) is 0.103. The number of carbonyl (C=O) groups excluding carboxylic acids is 1. The number of carbonyl (C=O) groups is 1. The van der Waals surface area contributed by atoms with Crippen molar-refractivity contribution in [2.75, 3.05) is 12.4 Å². The standard InChI is InChI=1S/C29H22F2N4O4/c1-16-14-17(2)35(20-7-4-18(30)5-8-20)29(37)26(16)28(36)33-19-6-10-23(21(31)15-19)39-24-12-13-32-22-9-11-25(38-3)34-27(22)24/h4-15H,1-3H3,(H,33,36). The Morgan fingerprint density at radius 1 is 0.949 bits per heavy atom. The molecule has 1 N–H and O–H groups in total. The summed E-state index contributed by atoms with van der Waals surface area (Å²) in [6.45, 7) is 3.35. The minimum absolute atomic E-state index is 0.102. The van der Waals surface area contributed by atoms with E-state index in [4.69, 9.17) is 9.47 Å². The van der Waals surface area contributed by atoms with Gasteiger partial charge in [-0.2, -0.15) is 0 Å². The Morgan fingerprint density at radius 2 is 1.72 bits per heavy atom. The van der Waals surface area contributed by atoms with Gasteiger partial charge in [0.1, 0.15) is 16.9 Å². The van der Waals surface area contributed by atoms with Crippen LogP contribution in [0.5, 0.6) is 17.4 Å². The lowest BCUT2D eigenvalue weighted by molar-refractivity contribution is 0.102. The number of nitrogens with zero attached hydrogens (tertiary/aromatic N) is 3. The maximum atomic E-state index is 15.0. The highest BCUT2D eigenvalue weighted by Crippen LogP contribution is 2.31. The SMILES string of the molecule is COc1ccc2nccc(Oc3ccc(NC(=O)c4c(C)cc(C)n(-c5ccc(F)cc5)c4=O)cc3F)c2n1. The van der Waals surface area contributed by atoms with Crippen LogP contribution in [0.1, 0.15) is 21.6 Å². The number of fused-ring (bicyclic) bond motifs is 1. The number of anilines is 1. The summed E-state index contributed by atoms with van der Waals surface area (Å²) >= 11 is 0. The van der Waals surface area contributed by atoms with Crippen molar-refractivity contribution in [2.24, 2.45) is 0 Å². The molecular formula is C29H22F2N4O4. The summed E-state index contributed by atoms with van der Waals surface area (Å²) in [6.07, 6.45) is 1.51. The van der Waals surface area contributed by atoms with Crippen molar-refractivity contribution in [1.82, 2.24) is 14.5 Å². The molecule has 0 spiro atoms. The second-order valence-electron chi connectivity index (χ2n) is 8.69. The number of hydrogen-bond acceptors (Lipinski definition) is 6. The van der Waals surface area contributed by atoms with E-state index >= 15 is 4.39 Å². The molecule has 0 fully saturated rings. The number of rotatable bonds is 6. The van der Waals surface area contributed by atoms with Crippen LogP contribution >= 0.6 is 0 Å². The maximum Gasteiger partial charge on any atom is 0.268 e. The van der Waals surface area contributed by atoms with Crippen LogP contribution in [0.4, 0.5) is 14.5 Å². The fourth-order valence-corrected chi connectivity index (χ4v) is 4.23. The molecule has 8 nitrogen and oxygen atoms in total. The molecule has 0 atom stereocenters. The van der Waals surface area contributed by atoms with Crippen molar-refractivity contribution in [3.63, 3.8) is 0 Å². The van der Waals surface area contributed by atoms with Crippen LogP contribution in [0.25, 0.3) is 16.7 Å². The van der Waals surface area contributed by atoms with Crippen LogP contribution in [0.15, 0.2) is 77.7 Å². The molecule has 39 heavy (non-hydrogen) atoms. The van der Waals surface area contributed by atoms with Crippen LogP contribution in [0.2, 0.25) is 0 Å². The highest BCUT2D eigenvalue weighted by atomic mass is 19.1. The summed E-state index contributed by atoms with van der Waals surface area (Å²) < 4.78 is 40.7. The average molecular weight is 529 g/mol. The van der Waals surface area contributed by atoms with Crippen LogP contribution in [0, 0.1) is 25.5 Å². The first-order valence-corrected chi connectivity index (χ1v) is 11.8. The first kappa shape index (κ1) is 25.5. The van der Waals surface area contributed by atoms with Gasteiger partial charge in [-0.25, -0.2) is 13.8 Å². The molecule has 10 heteroatoms. The third kappa shape index (κ3) is 5.04. The van der Waals surface area contributed by atoms with Gasteiger partial charge in [0.15, 0.2) is 17.3 Å². The van der Waals surface area contributed by atoms with Crippen molar-refractivity contribution < 1.29 is 23.0 Å². The first-order chi connectivity index (χ1) is 18.7. The van der Waals surface area contributed by atoms with E-state index in [0.717, 1.165) is 6.07 Å². The number of hydrogen-bond donors (Lipinski definition) is 1. The molecule has 5 aromatic rings. The number of pyridine rings is 3. The molecule has 0 saturated carbocycles. The van der Waals surface area contributed by atoms with E-state index in [1.54, 1.807) is 38.1 Å². The molecule has 0 aliphatic heterocycles. The highest BCUT2D eigenvalue weighted by molar-refractivity contribution is 6.05. The average Bonchev–Trinajstić information content (AvgIpc) is 2.91. The van der Waals surface area contributed by atoms with Crippen molar-refractivity contribution in [2.45, 2.75) is 13.8 Å². The van der Waals surface area contributed by atoms with E-state index in [1.807, 2.05) is 0 Å². The Balaban J connectivity index is 1.42. The number of amides is 1. The molecule has 5 rings (SSSR count). The summed E-state index contributed by atoms with van der Waals surface area (Å²) in [4.78, 5) is 35.0.